The number of methoxy groups -OCH3 is 2. The minimum absolute atomic E-state index is 0.472. The summed E-state index contributed by atoms with van der Waals surface area (Å²) in [5, 5.41) is 2.62. The summed E-state index contributed by atoms with van der Waals surface area (Å²) in [5.74, 6) is 1.64. The van der Waals surface area contributed by atoms with E-state index in [0.29, 0.717) is 22.9 Å². The second-order valence-electron chi connectivity index (χ2n) is 3.93. The third-order valence-corrected chi connectivity index (χ3v) is 2.55. The molecule has 0 atom stereocenters. The average molecular weight is 273 g/mol. The summed E-state index contributed by atoms with van der Waals surface area (Å²) >= 11 is 0. The summed E-state index contributed by atoms with van der Waals surface area (Å²) in [6.07, 6.45) is -0.577. The van der Waals surface area contributed by atoms with E-state index in [9.17, 15) is 4.79 Å². The third kappa shape index (κ3) is 3.65. The highest BCUT2D eigenvalue weighted by Crippen LogP contribution is 2.25. The predicted octanol–water partition coefficient (Wildman–Crippen LogP) is 3.31. The highest BCUT2D eigenvalue weighted by molar-refractivity contribution is 5.86. The first kappa shape index (κ1) is 13.7. The van der Waals surface area contributed by atoms with E-state index in [1.165, 1.54) is 0 Å². The molecule has 2 aromatic carbocycles. The first-order valence-electron chi connectivity index (χ1n) is 5.98. The van der Waals surface area contributed by atoms with Gasteiger partial charge < -0.3 is 14.2 Å². The van der Waals surface area contributed by atoms with Crippen molar-refractivity contribution in [1.29, 1.82) is 0 Å². The number of hydrogen-bond donors (Lipinski definition) is 1. The number of amides is 1. The number of nitrogens with one attached hydrogen (secondary N) is 1. The van der Waals surface area contributed by atoms with Crippen LogP contribution in [0.3, 0.4) is 0 Å². The van der Waals surface area contributed by atoms with Gasteiger partial charge in [0.2, 0.25) is 0 Å². The fraction of sp³-hybridized carbons (Fsp3) is 0.133. The molecule has 5 heteroatoms. The van der Waals surface area contributed by atoms with Crippen LogP contribution >= 0.6 is 0 Å². The molecule has 0 aliphatic heterocycles. The summed E-state index contributed by atoms with van der Waals surface area (Å²) in [7, 11) is 3.09. The average Bonchev–Trinajstić information content (AvgIpc) is 2.47. The van der Waals surface area contributed by atoms with Gasteiger partial charge in [-0.1, -0.05) is 18.2 Å². The Labute approximate surface area is 117 Å². The molecule has 0 radical (unpaired) electrons. The van der Waals surface area contributed by atoms with E-state index in [4.69, 9.17) is 14.2 Å². The smallest absolute Gasteiger partial charge is 0.417 e. The van der Waals surface area contributed by atoms with Crippen LogP contribution < -0.4 is 19.5 Å². The van der Waals surface area contributed by atoms with Gasteiger partial charge in [0.05, 0.1) is 19.9 Å². The molecule has 0 saturated carbocycles. The van der Waals surface area contributed by atoms with Crippen LogP contribution in [0.2, 0.25) is 0 Å². The lowest BCUT2D eigenvalue weighted by Crippen LogP contribution is -2.16. The van der Waals surface area contributed by atoms with Crippen molar-refractivity contribution in [2.45, 2.75) is 0 Å². The fourth-order valence-electron chi connectivity index (χ4n) is 1.62. The molecule has 5 nitrogen and oxygen atoms in total. The van der Waals surface area contributed by atoms with Crippen LogP contribution in [0.5, 0.6) is 17.2 Å². The second-order valence-corrected chi connectivity index (χ2v) is 3.93. The van der Waals surface area contributed by atoms with E-state index in [1.54, 1.807) is 56.7 Å². The van der Waals surface area contributed by atoms with Gasteiger partial charge in [-0.15, -0.1) is 0 Å². The number of benzene rings is 2. The first-order chi connectivity index (χ1) is 9.71. The van der Waals surface area contributed by atoms with E-state index in [0.717, 1.165) is 0 Å². The normalized spacial score (nSPS) is 9.70. The lowest BCUT2D eigenvalue weighted by atomic mass is 10.3. The van der Waals surface area contributed by atoms with Gasteiger partial charge in [-0.3, -0.25) is 5.32 Å². The minimum atomic E-state index is -0.577. The number of rotatable bonds is 4. The van der Waals surface area contributed by atoms with Gasteiger partial charge in [0.1, 0.15) is 17.2 Å². The van der Waals surface area contributed by atoms with Crippen molar-refractivity contribution in [3.05, 3.63) is 48.5 Å². The zero-order chi connectivity index (χ0) is 14.4. The summed E-state index contributed by atoms with van der Waals surface area (Å²) in [6, 6.07) is 13.9. The summed E-state index contributed by atoms with van der Waals surface area (Å²) in [5.41, 5.74) is 0.530. The van der Waals surface area contributed by atoms with Crippen LogP contribution in [0.25, 0.3) is 0 Å². The predicted molar refractivity (Wildman–Crippen MR) is 75.6 cm³/mol. The molecular formula is C15H15NO4. The van der Waals surface area contributed by atoms with Crippen LogP contribution in [0.1, 0.15) is 0 Å². The molecule has 104 valence electrons. The second kappa shape index (κ2) is 6.47. The van der Waals surface area contributed by atoms with Crippen molar-refractivity contribution in [3.8, 4) is 17.2 Å². The lowest BCUT2D eigenvalue weighted by molar-refractivity contribution is 0.215. The molecule has 0 fully saturated rings. The Morgan fingerprint density at radius 2 is 1.50 bits per heavy atom. The number of hydrogen-bond acceptors (Lipinski definition) is 4. The van der Waals surface area contributed by atoms with E-state index >= 15 is 0 Å². The largest absolute Gasteiger partial charge is 0.497 e. The quantitative estimate of drug-likeness (QED) is 0.928. The van der Waals surface area contributed by atoms with E-state index in [2.05, 4.69) is 5.32 Å². The van der Waals surface area contributed by atoms with Gasteiger partial charge in [-0.25, -0.2) is 4.79 Å². The molecule has 2 aromatic rings. The van der Waals surface area contributed by atoms with Crippen LogP contribution in [0, 0.1) is 0 Å². The molecule has 0 aliphatic carbocycles. The summed E-state index contributed by atoms with van der Waals surface area (Å²) in [4.78, 5) is 11.8. The fourth-order valence-corrected chi connectivity index (χ4v) is 1.62. The summed E-state index contributed by atoms with van der Waals surface area (Å²) < 4.78 is 15.4. The summed E-state index contributed by atoms with van der Waals surface area (Å²) in [6.45, 7) is 0. The van der Waals surface area contributed by atoms with Crippen molar-refractivity contribution in [2.75, 3.05) is 19.5 Å². The Morgan fingerprint density at radius 3 is 2.05 bits per heavy atom. The molecule has 2 rings (SSSR count). The van der Waals surface area contributed by atoms with Crippen LogP contribution in [-0.2, 0) is 0 Å². The molecule has 0 unspecified atom stereocenters. The molecule has 1 N–H and O–H groups in total. The number of carbonyl (C=O) groups excluding carboxylic acids is 1. The molecule has 20 heavy (non-hydrogen) atoms. The topological polar surface area (TPSA) is 56.8 Å². The molecule has 0 bridgehead atoms. The maximum Gasteiger partial charge on any atom is 0.417 e. The molecular weight excluding hydrogens is 258 g/mol. The SMILES string of the molecule is COc1cc(NC(=O)Oc2ccccc2)cc(OC)c1. The Hall–Kier alpha value is -2.69. The zero-order valence-corrected chi connectivity index (χ0v) is 11.3. The van der Waals surface area contributed by atoms with Crippen molar-refractivity contribution < 1.29 is 19.0 Å². The van der Waals surface area contributed by atoms with Gasteiger partial charge in [-0.05, 0) is 12.1 Å². The number of carbonyl (C=O) groups is 1. The van der Waals surface area contributed by atoms with Gasteiger partial charge in [0, 0.05) is 18.2 Å². The van der Waals surface area contributed by atoms with E-state index < -0.39 is 6.09 Å². The molecule has 0 aliphatic rings. The van der Waals surface area contributed by atoms with Crippen LogP contribution in [0.4, 0.5) is 10.5 Å². The van der Waals surface area contributed by atoms with Gasteiger partial charge >= 0.3 is 6.09 Å². The first-order valence-corrected chi connectivity index (χ1v) is 5.98. The standard InChI is InChI=1S/C15H15NO4/c1-18-13-8-11(9-14(10-13)19-2)16-15(17)20-12-6-4-3-5-7-12/h3-10H,1-2H3,(H,16,17). The molecule has 0 spiro atoms. The monoisotopic (exact) mass is 273 g/mol. The number of para-hydroxylation sites is 1. The van der Waals surface area contributed by atoms with E-state index in [1.807, 2.05) is 6.07 Å². The maximum atomic E-state index is 11.8. The minimum Gasteiger partial charge on any atom is -0.497 e. The Bertz CT molecular complexity index is 561. The highest BCUT2D eigenvalue weighted by Gasteiger charge is 2.07. The molecule has 1 amide bonds. The van der Waals surface area contributed by atoms with Crippen molar-refractivity contribution in [2.24, 2.45) is 0 Å². The van der Waals surface area contributed by atoms with Crippen molar-refractivity contribution in [3.63, 3.8) is 0 Å². The van der Waals surface area contributed by atoms with Gasteiger partial charge in [0.15, 0.2) is 0 Å². The molecule has 0 heterocycles. The van der Waals surface area contributed by atoms with Crippen LogP contribution in [0.15, 0.2) is 48.5 Å². The van der Waals surface area contributed by atoms with E-state index in [-0.39, 0.29) is 0 Å². The maximum absolute atomic E-state index is 11.8. The lowest BCUT2D eigenvalue weighted by Gasteiger charge is -2.10. The number of ether oxygens (including phenoxy) is 3. The molecule has 0 aromatic heterocycles. The Kier molecular flexibility index (Phi) is 4.44. The van der Waals surface area contributed by atoms with Gasteiger partial charge in [-0.2, -0.15) is 0 Å². The molecule has 0 saturated heterocycles. The Balaban J connectivity index is 2.07. The Morgan fingerprint density at radius 1 is 0.900 bits per heavy atom. The van der Waals surface area contributed by atoms with Crippen LogP contribution in [-0.4, -0.2) is 20.3 Å². The zero-order valence-electron chi connectivity index (χ0n) is 11.3. The highest BCUT2D eigenvalue weighted by atomic mass is 16.6. The third-order valence-electron chi connectivity index (χ3n) is 2.55. The number of anilines is 1. The van der Waals surface area contributed by atoms with Gasteiger partial charge in [0.25, 0.3) is 0 Å². The van der Waals surface area contributed by atoms with Crippen molar-refractivity contribution >= 4 is 11.8 Å². The van der Waals surface area contributed by atoms with Crippen molar-refractivity contribution in [1.82, 2.24) is 0 Å².